The molecule has 0 saturated heterocycles. The number of rotatable bonds is 1. The first-order chi connectivity index (χ1) is 11.2. The summed E-state index contributed by atoms with van der Waals surface area (Å²) in [7, 11) is 0. The summed E-state index contributed by atoms with van der Waals surface area (Å²) in [5, 5.41) is 3.44. The third-order valence-corrected chi connectivity index (χ3v) is 4.58. The van der Waals surface area contributed by atoms with Crippen LogP contribution in [0, 0.1) is 6.92 Å². The van der Waals surface area contributed by atoms with Crippen molar-refractivity contribution in [2.45, 2.75) is 25.7 Å². The molecular formula is C20H18N2O. The van der Waals surface area contributed by atoms with Crippen molar-refractivity contribution < 1.29 is 4.79 Å². The molecule has 1 heterocycles. The summed E-state index contributed by atoms with van der Waals surface area (Å²) in [6.45, 7) is 2.08. The molecule has 3 heteroatoms. The number of fused-ring (bicyclic) bond motifs is 1. The Morgan fingerprint density at radius 2 is 1.83 bits per heavy atom. The third kappa shape index (κ3) is 2.59. The van der Waals surface area contributed by atoms with E-state index in [0.717, 1.165) is 29.1 Å². The number of allylic oxidation sites excluding steroid dienone is 2. The molecule has 23 heavy (non-hydrogen) atoms. The number of hydrogen-bond donors (Lipinski definition) is 1. The smallest absolute Gasteiger partial charge is 0.166 e. The van der Waals surface area contributed by atoms with Crippen molar-refractivity contribution >= 4 is 23.4 Å². The number of hydrogen-bond acceptors (Lipinski definition) is 3. The molecule has 2 aliphatic rings. The normalized spacial score (nSPS) is 19.7. The number of nitrogens with one attached hydrogen (secondary N) is 1. The maximum absolute atomic E-state index is 12.6. The summed E-state index contributed by atoms with van der Waals surface area (Å²) in [6, 6.07) is 16.4. The lowest BCUT2D eigenvalue weighted by Gasteiger charge is -2.25. The minimum Gasteiger partial charge on any atom is -0.356 e. The highest BCUT2D eigenvalue weighted by atomic mass is 16.1. The molecule has 3 nitrogen and oxygen atoms in total. The number of nitrogens with zero attached hydrogens (tertiary/aromatic N) is 1. The lowest BCUT2D eigenvalue weighted by molar-refractivity contribution is -0.115. The summed E-state index contributed by atoms with van der Waals surface area (Å²) < 4.78 is 0. The molecule has 0 fully saturated rings. The van der Waals surface area contributed by atoms with Gasteiger partial charge >= 0.3 is 0 Å². The molecule has 1 aliphatic heterocycles. The number of ketones is 1. The predicted molar refractivity (Wildman–Crippen MR) is 93.4 cm³/mol. The van der Waals surface area contributed by atoms with Crippen LogP contribution in [0.1, 0.15) is 29.9 Å². The fourth-order valence-corrected chi connectivity index (χ4v) is 3.26. The summed E-state index contributed by atoms with van der Waals surface area (Å²) in [5.41, 5.74) is 6.02. The standard InChI is InChI=1S/C20H18N2O/c1-13-6-8-14(9-7-13)15-10-19-16(20(23)11-15)12-21-17-4-2-3-5-18(17)22-19/h2-9,12,15,22H,10-11H2,1H3. The lowest BCUT2D eigenvalue weighted by Crippen LogP contribution is -2.22. The Kier molecular flexibility index (Phi) is 3.34. The molecule has 0 saturated carbocycles. The molecule has 0 bridgehead atoms. The Labute approximate surface area is 135 Å². The first-order valence-corrected chi connectivity index (χ1v) is 7.94. The lowest BCUT2D eigenvalue weighted by atomic mass is 9.82. The first-order valence-electron chi connectivity index (χ1n) is 7.94. The van der Waals surface area contributed by atoms with Gasteiger partial charge in [0.05, 0.1) is 16.9 Å². The second-order valence-corrected chi connectivity index (χ2v) is 6.23. The van der Waals surface area contributed by atoms with Gasteiger partial charge in [0.15, 0.2) is 5.78 Å². The molecule has 0 radical (unpaired) electrons. The van der Waals surface area contributed by atoms with Gasteiger partial charge in [0.2, 0.25) is 0 Å². The molecule has 114 valence electrons. The van der Waals surface area contributed by atoms with Gasteiger partial charge < -0.3 is 5.32 Å². The molecule has 0 aromatic heterocycles. The van der Waals surface area contributed by atoms with Crippen molar-refractivity contribution in [2.24, 2.45) is 4.99 Å². The number of para-hydroxylation sites is 2. The SMILES string of the molecule is Cc1ccc(C2CC(=O)C3=C(C2)Nc2ccccc2N=C3)cc1. The molecule has 4 rings (SSSR count). The van der Waals surface area contributed by atoms with Crippen LogP contribution in [0.4, 0.5) is 11.4 Å². The van der Waals surface area contributed by atoms with Gasteiger partial charge in [0, 0.05) is 18.3 Å². The highest BCUT2D eigenvalue weighted by Gasteiger charge is 2.29. The second-order valence-electron chi connectivity index (χ2n) is 6.23. The van der Waals surface area contributed by atoms with Crippen LogP contribution in [-0.2, 0) is 4.79 Å². The minimum atomic E-state index is 0.167. The fraction of sp³-hybridized carbons (Fsp3) is 0.200. The third-order valence-electron chi connectivity index (χ3n) is 4.58. The van der Waals surface area contributed by atoms with Crippen molar-refractivity contribution in [1.82, 2.24) is 0 Å². The van der Waals surface area contributed by atoms with E-state index in [2.05, 4.69) is 41.5 Å². The summed E-state index contributed by atoms with van der Waals surface area (Å²) >= 11 is 0. The summed E-state index contributed by atoms with van der Waals surface area (Å²) in [4.78, 5) is 17.1. The zero-order valence-electron chi connectivity index (χ0n) is 13.0. The predicted octanol–water partition coefficient (Wildman–Crippen LogP) is 4.52. The number of benzene rings is 2. The molecule has 0 spiro atoms. The van der Waals surface area contributed by atoms with E-state index in [9.17, 15) is 4.79 Å². The van der Waals surface area contributed by atoms with Crippen molar-refractivity contribution in [3.05, 3.63) is 70.9 Å². The average Bonchev–Trinajstić information content (AvgIpc) is 2.74. The molecule has 1 aliphatic carbocycles. The number of Topliss-reactive ketones (excluding diaryl/α,β-unsaturated/α-hetero) is 1. The van der Waals surface area contributed by atoms with E-state index < -0.39 is 0 Å². The Bertz CT molecular complexity index is 831. The maximum Gasteiger partial charge on any atom is 0.166 e. The molecule has 0 amide bonds. The second kappa shape index (κ2) is 5.51. The average molecular weight is 302 g/mol. The van der Waals surface area contributed by atoms with Crippen molar-refractivity contribution in [2.75, 3.05) is 5.32 Å². The van der Waals surface area contributed by atoms with E-state index in [0.29, 0.717) is 6.42 Å². The van der Waals surface area contributed by atoms with Gasteiger partial charge in [-0.05, 0) is 37.0 Å². The van der Waals surface area contributed by atoms with Gasteiger partial charge in [0.25, 0.3) is 0 Å². The summed E-state index contributed by atoms with van der Waals surface area (Å²) in [5.74, 6) is 0.397. The zero-order valence-corrected chi connectivity index (χ0v) is 13.0. The van der Waals surface area contributed by atoms with Crippen molar-refractivity contribution in [3.8, 4) is 0 Å². The monoisotopic (exact) mass is 302 g/mol. The van der Waals surface area contributed by atoms with Crippen LogP contribution in [0.3, 0.4) is 0 Å². The molecule has 2 aromatic carbocycles. The van der Waals surface area contributed by atoms with Crippen LogP contribution >= 0.6 is 0 Å². The van der Waals surface area contributed by atoms with Gasteiger partial charge in [-0.25, -0.2) is 0 Å². The number of anilines is 1. The number of aliphatic imine (C=N–C) groups is 1. The van der Waals surface area contributed by atoms with Crippen LogP contribution in [0.15, 0.2) is 64.8 Å². The molecule has 1 N–H and O–H groups in total. The number of carbonyl (C=O) groups excluding carboxylic acids is 1. The van der Waals surface area contributed by atoms with Gasteiger partial charge in [0.1, 0.15) is 0 Å². The Morgan fingerprint density at radius 3 is 2.65 bits per heavy atom. The summed E-state index contributed by atoms with van der Waals surface area (Å²) in [6.07, 6.45) is 3.11. The maximum atomic E-state index is 12.6. The Morgan fingerprint density at radius 1 is 1.04 bits per heavy atom. The van der Waals surface area contributed by atoms with E-state index in [-0.39, 0.29) is 11.7 Å². The van der Waals surface area contributed by atoms with Gasteiger partial charge in [-0.15, -0.1) is 0 Å². The van der Waals surface area contributed by atoms with Crippen LogP contribution in [0.5, 0.6) is 0 Å². The Balaban J connectivity index is 1.69. The van der Waals surface area contributed by atoms with Crippen LogP contribution in [-0.4, -0.2) is 12.0 Å². The van der Waals surface area contributed by atoms with Crippen LogP contribution < -0.4 is 5.32 Å². The van der Waals surface area contributed by atoms with Gasteiger partial charge in [-0.2, -0.15) is 0 Å². The Hall–Kier alpha value is -2.68. The minimum absolute atomic E-state index is 0.167. The quantitative estimate of drug-likeness (QED) is 0.841. The molecule has 1 unspecified atom stereocenters. The van der Waals surface area contributed by atoms with E-state index >= 15 is 0 Å². The first kappa shape index (κ1) is 13.9. The van der Waals surface area contributed by atoms with Crippen LogP contribution in [0.25, 0.3) is 0 Å². The van der Waals surface area contributed by atoms with Gasteiger partial charge in [-0.1, -0.05) is 42.0 Å². The molecule has 2 aromatic rings. The van der Waals surface area contributed by atoms with Gasteiger partial charge in [-0.3, -0.25) is 9.79 Å². The highest BCUT2D eigenvalue weighted by molar-refractivity contribution is 6.16. The van der Waals surface area contributed by atoms with Crippen LogP contribution in [0.2, 0.25) is 0 Å². The van der Waals surface area contributed by atoms with E-state index in [1.165, 1.54) is 11.1 Å². The zero-order chi connectivity index (χ0) is 15.8. The number of carbonyl (C=O) groups is 1. The highest BCUT2D eigenvalue weighted by Crippen LogP contribution is 2.38. The van der Waals surface area contributed by atoms with E-state index in [1.807, 2.05) is 24.3 Å². The largest absolute Gasteiger partial charge is 0.356 e. The number of aryl methyl sites for hydroxylation is 1. The van der Waals surface area contributed by atoms with E-state index in [4.69, 9.17) is 0 Å². The molecule has 1 atom stereocenters. The topological polar surface area (TPSA) is 41.5 Å². The fourth-order valence-electron chi connectivity index (χ4n) is 3.26. The van der Waals surface area contributed by atoms with Crippen molar-refractivity contribution in [3.63, 3.8) is 0 Å². The van der Waals surface area contributed by atoms with E-state index in [1.54, 1.807) is 6.21 Å². The molecular weight excluding hydrogens is 284 g/mol. The van der Waals surface area contributed by atoms with Crippen molar-refractivity contribution in [1.29, 1.82) is 0 Å².